The second-order valence-electron chi connectivity index (χ2n) is 5.46. The molecule has 1 atom stereocenters. The maximum Gasteiger partial charge on any atom is 0.148 e. The number of para-hydroxylation sites is 1. The molecule has 0 aliphatic carbocycles. The molecule has 2 aromatic carbocycles. The first-order chi connectivity index (χ1) is 11.6. The van der Waals surface area contributed by atoms with Crippen molar-refractivity contribution in [3.63, 3.8) is 0 Å². The van der Waals surface area contributed by atoms with Crippen LogP contribution < -0.4 is 5.32 Å². The fourth-order valence-corrected chi connectivity index (χ4v) is 2.97. The van der Waals surface area contributed by atoms with E-state index in [1.807, 2.05) is 31.2 Å². The molecule has 1 aromatic heterocycles. The van der Waals surface area contributed by atoms with Crippen molar-refractivity contribution in [2.45, 2.75) is 18.4 Å². The van der Waals surface area contributed by atoms with Crippen LogP contribution in [0.4, 0.5) is 10.1 Å². The third kappa shape index (κ3) is 3.38. The molecule has 0 radical (unpaired) electrons. The molecular formula is C18H18FN3OS. The number of aromatic nitrogens is 2. The highest BCUT2D eigenvalue weighted by molar-refractivity contribution is 7.84. The van der Waals surface area contributed by atoms with Crippen molar-refractivity contribution in [2.75, 3.05) is 11.6 Å². The molecule has 0 saturated heterocycles. The fourth-order valence-electron chi connectivity index (χ4n) is 2.45. The molecule has 0 bridgehead atoms. The number of hydrogen-bond donors (Lipinski definition) is 1. The summed E-state index contributed by atoms with van der Waals surface area (Å²) in [4.78, 5) is 0.808. The van der Waals surface area contributed by atoms with E-state index < -0.39 is 10.8 Å². The molecule has 0 fully saturated rings. The Hall–Kier alpha value is -2.47. The largest absolute Gasteiger partial charge is 0.378 e. The molecule has 3 rings (SSSR count). The number of anilines is 1. The summed E-state index contributed by atoms with van der Waals surface area (Å²) in [6, 6.07) is 14.2. The van der Waals surface area contributed by atoms with Crippen molar-refractivity contribution in [1.82, 2.24) is 9.78 Å². The molecule has 4 nitrogen and oxygen atoms in total. The predicted octanol–water partition coefficient (Wildman–Crippen LogP) is 3.67. The Morgan fingerprint density at radius 1 is 1.17 bits per heavy atom. The third-order valence-electron chi connectivity index (χ3n) is 3.83. The lowest BCUT2D eigenvalue weighted by atomic mass is 10.2. The Labute approximate surface area is 142 Å². The molecule has 1 N–H and O–H groups in total. The first-order valence-corrected chi connectivity index (χ1v) is 9.08. The zero-order valence-corrected chi connectivity index (χ0v) is 14.3. The van der Waals surface area contributed by atoms with Gasteiger partial charge in [-0.2, -0.15) is 5.10 Å². The average Bonchev–Trinajstić information content (AvgIpc) is 2.94. The summed E-state index contributed by atoms with van der Waals surface area (Å²) < 4.78 is 26.9. The van der Waals surface area contributed by atoms with Crippen molar-refractivity contribution in [1.29, 1.82) is 0 Å². The highest BCUT2D eigenvalue weighted by Crippen LogP contribution is 2.21. The van der Waals surface area contributed by atoms with Gasteiger partial charge in [0.25, 0.3) is 0 Å². The molecule has 1 heterocycles. The Bertz CT molecular complexity index is 874. The maximum absolute atomic E-state index is 13.9. The Morgan fingerprint density at radius 3 is 2.54 bits per heavy atom. The van der Waals surface area contributed by atoms with Gasteiger partial charge >= 0.3 is 0 Å². The SMILES string of the molecule is Cc1c(NCc2ccc([S@@](C)=O)cc2)cnn1-c1ccccc1F. The van der Waals surface area contributed by atoms with Gasteiger partial charge in [0.1, 0.15) is 11.5 Å². The van der Waals surface area contributed by atoms with Gasteiger partial charge in [0.2, 0.25) is 0 Å². The van der Waals surface area contributed by atoms with Crippen molar-refractivity contribution in [3.8, 4) is 5.69 Å². The third-order valence-corrected chi connectivity index (χ3v) is 4.76. The van der Waals surface area contributed by atoms with Gasteiger partial charge in [0.15, 0.2) is 0 Å². The first kappa shape index (κ1) is 16.4. The summed E-state index contributed by atoms with van der Waals surface area (Å²) in [6.45, 7) is 2.51. The van der Waals surface area contributed by atoms with E-state index in [2.05, 4.69) is 10.4 Å². The van der Waals surface area contributed by atoms with Crippen LogP contribution in [-0.4, -0.2) is 20.2 Å². The summed E-state index contributed by atoms with van der Waals surface area (Å²) in [6.07, 6.45) is 3.35. The van der Waals surface area contributed by atoms with Crippen LogP contribution in [-0.2, 0) is 17.3 Å². The fraction of sp³-hybridized carbons (Fsp3) is 0.167. The number of halogens is 1. The highest BCUT2D eigenvalue weighted by atomic mass is 32.2. The molecule has 6 heteroatoms. The molecule has 124 valence electrons. The minimum Gasteiger partial charge on any atom is -0.378 e. The van der Waals surface area contributed by atoms with Crippen LogP contribution in [0, 0.1) is 12.7 Å². The Balaban J connectivity index is 1.75. The van der Waals surface area contributed by atoms with Crippen molar-refractivity contribution >= 4 is 16.5 Å². The molecule has 0 amide bonds. The van der Waals surface area contributed by atoms with Gasteiger partial charge in [-0.25, -0.2) is 9.07 Å². The molecule has 3 aromatic rings. The van der Waals surface area contributed by atoms with E-state index in [0.717, 1.165) is 21.8 Å². The minimum absolute atomic E-state index is 0.307. The molecular weight excluding hydrogens is 325 g/mol. The minimum atomic E-state index is -0.970. The van der Waals surface area contributed by atoms with E-state index >= 15 is 0 Å². The lowest BCUT2D eigenvalue weighted by Crippen LogP contribution is -2.04. The molecule has 0 aliphatic heterocycles. The van der Waals surface area contributed by atoms with Gasteiger partial charge in [-0.3, -0.25) is 4.21 Å². The van der Waals surface area contributed by atoms with Gasteiger partial charge in [0, 0.05) is 28.5 Å². The molecule has 24 heavy (non-hydrogen) atoms. The van der Waals surface area contributed by atoms with Crippen LogP contribution in [0.5, 0.6) is 0 Å². The topological polar surface area (TPSA) is 46.9 Å². The predicted molar refractivity (Wildman–Crippen MR) is 94.4 cm³/mol. The lowest BCUT2D eigenvalue weighted by molar-refractivity contribution is 0.608. The summed E-state index contributed by atoms with van der Waals surface area (Å²) >= 11 is 0. The molecule has 0 spiro atoms. The quantitative estimate of drug-likeness (QED) is 0.769. The van der Waals surface area contributed by atoms with Crippen LogP contribution in [0.2, 0.25) is 0 Å². The van der Waals surface area contributed by atoms with Crippen molar-refractivity contribution < 1.29 is 8.60 Å². The standard InChI is InChI=1S/C18H18FN3OS/c1-13-17(12-21-22(13)18-6-4-3-5-16(18)19)20-11-14-7-9-15(10-8-14)24(2)23/h3-10,12,20H,11H2,1-2H3/t24-/m1/s1. The zero-order valence-electron chi connectivity index (χ0n) is 13.5. The number of nitrogens with one attached hydrogen (secondary N) is 1. The smallest absolute Gasteiger partial charge is 0.148 e. The van der Waals surface area contributed by atoms with Gasteiger partial charge in [-0.05, 0) is 36.8 Å². The molecule has 0 unspecified atom stereocenters. The second-order valence-corrected chi connectivity index (χ2v) is 6.84. The number of nitrogens with zero attached hydrogens (tertiary/aromatic N) is 2. The molecule has 0 aliphatic rings. The maximum atomic E-state index is 13.9. The van der Waals surface area contributed by atoms with Gasteiger partial charge in [-0.15, -0.1) is 0 Å². The second kappa shape index (κ2) is 6.97. The number of rotatable bonds is 5. The van der Waals surface area contributed by atoms with Crippen LogP contribution in [0.3, 0.4) is 0 Å². The van der Waals surface area contributed by atoms with Crippen LogP contribution in [0.25, 0.3) is 5.69 Å². The highest BCUT2D eigenvalue weighted by Gasteiger charge is 2.11. The summed E-state index contributed by atoms with van der Waals surface area (Å²) in [5.74, 6) is -0.307. The summed E-state index contributed by atoms with van der Waals surface area (Å²) in [5.41, 5.74) is 3.19. The van der Waals surface area contributed by atoms with Gasteiger partial charge < -0.3 is 5.32 Å². The Kier molecular flexibility index (Phi) is 4.76. The lowest BCUT2D eigenvalue weighted by Gasteiger charge is -2.08. The van der Waals surface area contributed by atoms with Crippen molar-refractivity contribution in [2.24, 2.45) is 0 Å². The van der Waals surface area contributed by atoms with E-state index in [9.17, 15) is 8.60 Å². The summed E-state index contributed by atoms with van der Waals surface area (Å²) in [7, 11) is -0.970. The van der Waals surface area contributed by atoms with Gasteiger partial charge in [0.05, 0.1) is 17.6 Å². The van der Waals surface area contributed by atoms with E-state index in [-0.39, 0.29) is 5.82 Å². The average molecular weight is 343 g/mol. The van der Waals surface area contributed by atoms with E-state index in [4.69, 9.17) is 0 Å². The Morgan fingerprint density at radius 2 is 1.88 bits per heavy atom. The van der Waals surface area contributed by atoms with E-state index in [0.29, 0.717) is 12.2 Å². The monoisotopic (exact) mass is 343 g/mol. The normalized spacial score (nSPS) is 12.1. The van der Waals surface area contributed by atoms with E-state index in [1.54, 1.807) is 35.3 Å². The number of hydrogen-bond acceptors (Lipinski definition) is 3. The van der Waals surface area contributed by atoms with Gasteiger partial charge in [-0.1, -0.05) is 24.3 Å². The zero-order chi connectivity index (χ0) is 17.1. The van der Waals surface area contributed by atoms with Crippen LogP contribution in [0.1, 0.15) is 11.3 Å². The van der Waals surface area contributed by atoms with Crippen LogP contribution >= 0.6 is 0 Å². The van der Waals surface area contributed by atoms with E-state index in [1.165, 1.54) is 6.07 Å². The molecule has 0 saturated carbocycles. The first-order valence-electron chi connectivity index (χ1n) is 7.52. The van der Waals surface area contributed by atoms with Crippen LogP contribution in [0.15, 0.2) is 59.6 Å². The summed E-state index contributed by atoms with van der Waals surface area (Å²) in [5, 5.41) is 7.58. The number of benzene rings is 2. The van der Waals surface area contributed by atoms with Crippen molar-refractivity contribution in [3.05, 3.63) is 71.8 Å².